The third-order valence-corrected chi connectivity index (χ3v) is 2.91. The number of hydrogen-bond donors (Lipinski definition) is 2. The molecule has 0 radical (unpaired) electrons. The average Bonchev–Trinajstić information content (AvgIpc) is 2.45. The number of anilines is 1. The Morgan fingerprint density at radius 1 is 1.63 bits per heavy atom. The second-order valence-electron chi connectivity index (χ2n) is 4.22. The van der Waals surface area contributed by atoms with Crippen LogP contribution in [-0.2, 0) is 4.74 Å². The van der Waals surface area contributed by atoms with Gasteiger partial charge in [0.05, 0.1) is 24.7 Å². The van der Waals surface area contributed by atoms with Crippen molar-refractivity contribution in [1.82, 2.24) is 5.32 Å². The van der Waals surface area contributed by atoms with Crippen molar-refractivity contribution >= 4 is 11.4 Å². The maximum Gasteiger partial charge on any atom is 0.311 e. The van der Waals surface area contributed by atoms with E-state index in [1.165, 1.54) is 13.2 Å². The molecule has 1 atom stereocenters. The van der Waals surface area contributed by atoms with Crippen molar-refractivity contribution in [2.75, 3.05) is 38.7 Å². The van der Waals surface area contributed by atoms with Crippen LogP contribution in [0.3, 0.4) is 0 Å². The third kappa shape index (κ3) is 3.55. The highest BCUT2D eigenvalue weighted by atomic mass is 16.6. The summed E-state index contributed by atoms with van der Waals surface area (Å²) in [6.07, 6.45) is 0.106. The Balaban J connectivity index is 1.98. The largest absolute Gasteiger partial charge is 0.490 e. The molecule has 0 spiro atoms. The summed E-state index contributed by atoms with van der Waals surface area (Å²) in [6, 6.07) is 4.71. The van der Waals surface area contributed by atoms with Crippen LogP contribution in [0.4, 0.5) is 11.4 Å². The second-order valence-corrected chi connectivity index (χ2v) is 4.22. The zero-order chi connectivity index (χ0) is 13.7. The molecule has 1 aromatic carbocycles. The van der Waals surface area contributed by atoms with Gasteiger partial charge in [0.1, 0.15) is 0 Å². The Bertz CT molecular complexity index is 447. The predicted molar refractivity (Wildman–Crippen MR) is 70.7 cm³/mol. The minimum absolute atomic E-state index is 0.0383. The van der Waals surface area contributed by atoms with Crippen LogP contribution in [0.15, 0.2) is 18.2 Å². The van der Waals surface area contributed by atoms with Crippen molar-refractivity contribution < 1.29 is 14.4 Å². The molecule has 1 aliphatic rings. The molecule has 2 N–H and O–H groups in total. The minimum Gasteiger partial charge on any atom is -0.490 e. The number of nitro benzene ring substituents is 1. The van der Waals surface area contributed by atoms with Crippen molar-refractivity contribution in [3.05, 3.63) is 28.3 Å². The molecule has 0 bridgehead atoms. The van der Waals surface area contributed by atoms with E-state index in [-0.39, 0.29) is 17.5 Å². The number of nitrogens with zero attached hydrogens (tertiary/aromatic N) is 1. The Kier molecular flexibility index (Phi) is 4.53. The van der Waals surface area contributed by atoms with Crippen LogP contribution in [0, 0.1) is 10.1 Å². The summed E-state index contributed by atoms with van der Waals surface area (Å²) in [5, 5.41) is 17.2. The van der Waals surface area contributed by atoms with Gasteiger partial charge in [0.15, 0.2) is 5.75 Å². The fraction of sp³-hybridized carbons (Fsp3) is 0.500. The lowest BCUT2D eigenvalue weighted by molar-refractivity contribution is -0.385. The highest BCUT2D eigenvalue weighted by Crippen LogP contribution is 2.29. The molecule has 1 fully saturated rings. The van der Waals surface area contributed by atoms with Crippen LogP contribution in [-0.4, -0.2) is 44.4 Å². The van der Waals surface area contributed by atoms with Gasteiger partial charge in [0.2, 0.25) is 0 Å². The van der Waals surface area contributed by atoms with Gasteiger partial charge < -0.3 is 20.1 Å². The molecule has 1 saturated heterocycles. The SMILES string of the molecule is COc1cc(NCC2CNCCO2)ccc1[N+](=O)[O-]. The second kappa shape index (κ2) is 6.35. The summed E-state index contributed by atoms with van der Waals surface area (Å²) < 4.78 is 10.6. The molecule has 104 valence electrons. The zero-order valence-corrected chi connectivity index (χ0v) is 10.7. The molecule has 0 aromatic heterocycles. The molecule has 0 aliphatic carbocycles. The van der Waals surface area contributed by atoms with Crippen LogP contribution < -0.4 is 15.4 Å². The number of benzene rings is 1. The Hall–Kier alpha value is -1.86. The summed E-state index contributed by atoms with van der Waals surface area (Å²) in [4.78, 5) is 10.3. The first-order valence-electron chi connectivity index (χ1n) is 6.09. The van der Waals surface area contributed by atoms with Gasteiger partial charge in [0, 0.05) is 37.5 Å². The number of rotatable bonds is 5. The van der Waals surface area contributed by atoms with Crippen LogP contribution >= 0.6 is 0 Å². The number of morpholine rings is 1. The van der Waals surface area contributed by atoms with E-state index >= 15 is 0 Å². The van der Waals surface area contributed by atoms with E-state index < -0.39 is 4.92 Å². The van der Waals surface area contributed by atoms with E-state index in [2.05, 4.69) is 10.6 Å². The van der Waals surface area contributed by atoms with Gasteiger partial charge in [-0.15, -0.1) is 0 Å². The fourth-order valence-electron chi connectivity index (χ4n) is 1.92. The number of methoxy groups -OCH3 is 1. The topological polar surface area (TPSA) is 85.7 Å². The van der Waals surface area contributed by atoms with Crippen LogP contribution in [0.5, 0.6) is 5.75 Å². The monoisotopic (exact) mass is 267 g/mol. The highest BCUT2D eigenvalue weighted by molar-refractivity contribution is 5.58. The quantitative estimate of drug-likeness (QED) is 0.611. The molecule has 19 heavy (non-hydrogen) atoms. The first kappa shape index (κ1) is 13.6. The third-order valence-electron chi connectivity index (χ3n) is 2.91. The molecule has 1 aliphatic heterocycles. The van der Waals surface area contributed by atoms with Crippen molar-refractivity contribution in [3.8, 4) is 5.75 Å². The van der Waals surface area contributed by atoms with Crippen molar-refractivity contribution in [2.45, 2.75) is 6.10 Å². The summed E-state index contributed by atoms with van der Waals surface area (Å²) in [5.74, 6) is 0.248. The van der Waals surface area contributed by atoms with E-state index in [4.69, 9.17) is 9.47 Å². The van der Waals surface area contributed by atoms with Crippen LogP contribution in [0.1, 0.15) is 0 Å². The standard InChI is InChI=1S/C12H17N3O4/c1-18-12-6-9(2-3-11(12)15(16)17)14-8-10-7-13-4-5-19-10/h2-3,6,10,13-14H,4-5,7-8H2,1H3. The van der Waals surface area contributed by atoms with Crippen LogP contribution in [0.2, 0.25) is 0 Å². The van der Waals surface area contributed by atoms with E-state index in [0.717, 1.165) is 18.8 Å². The van der Waals surface area contributed by atoms with E-state index in [1.54, 1.807) is 12.1 Å². The van der Waals surface area contributed by atoms with E-state index in [9.17, 15) is 10.1 Å². The summed E-state index contributed by atoms with van der Waals surface area (Å²) in [7, 11) is 1.42. The smallest absolute Gasteiger partial charge is 0.311 e. The van der Waals surface area contributed by atoms with Gasteiger partial charge in [-0.05, 0) is 6.07 Å². The van der Waals surface area contributed by atoms with Gasteiger partial charge in [-0.25, -0.2) is 0 Å². The molecule has 7 heteroatoms. The molecule has 0 amide bonds. The zero-order valence-electron chi connectivity index (χ0n) is 10.7. The molecule has 7 nitrogen and oxygen atoms in total. The highest BCUT2D eigenvalue weighted by Gasteiger charge is 2.16. The molecule has 1 unspecified atom stereocenters. The van der Waals surface area contributed by atoms with Crippen molar-refractivity contribution in [1.29, 1.82) is 0 Å². The van der Waals surface area contributed by atoms with Gasteiger partial charge in [0.25, 0.3) is 0 Å². The van der Waals surface area contributed by atoms with Gasteiger partial charge in [-0.1, -0.05) is 0 Å². The molecule has 1 heterocycles. The molecule has 0 saturated carbocycles. The number of hydrogen-bond acceptors (Lipinski definition) is 6. The number of nitro groups is 1. The molecular weight excluding hydrogens is 250 g/mol. The Labute approximate surface area is 111 Å². The lowest BCUT2D eigenvalue weighted by Crippen LogP contribution is -2.42. The number of nitrogens with one attached hydrogen (secondary N) is 2. The minimum atomic E-state index is -0.462. The molecule has 1 aromatic rings. The molecule has 2 rings (SSSR count). The lowest BCUT2D eigenvalue weighted by atomic mass is 10.2. The van der Waals surface area contributed by atoms with Gasteiger partial charge >= 0.3 is 5.69 Å². The Morgan fingerprint density at radius 2 is 2.47 bits per heavy atom. The fourth-order valence-corrected chi connectivity index (χ4v) is 1.92. The first-order valence-corrected chi connectivity index (χ1v) is 6.09. The maximum absolute atomic E-state index is 10.8. The van der Waals surface area contributed by atoms with Crippen molar-refractivity contribution in [3.63, 3.8) is 0 Å². The predicted octanol–water partition coefficient (Wildman–Crippen LogP) is 1.00. The average molecular weight is 267 g/mol. The summed E-state index contributed by atoms with van der Waals surface area (Å²) >= 11 is 0. The normalized spacial score (nSPS) is 18.9. The van der Waals surface area contributed by atoms with Gasteiger partial charge in [-0.3, -0.25) is 10.1 Å². The van der Waals surface area contributed by atoms with E-state index in [0.29, 0.717) is 13.2 Å². The molecular formula is C12H17N3O4. The lowest BCUT2D eigenvalue weighted by Gasteiger charge is -2.24. The Morgan fingerprint density at radius 3 is 3.11 bits per heavy atom. The summed E-state index contributed by atoms with van der Waals surface area (Å²) in [5.41, 5.74) is 0.736. The first-order chi connectivity index (χ1) is 9.20. The van der Waals surface area contributed by atoms with E-state index in [1.807, 2.05) is 0 Å². The van der Waals surface area contributed by atoms with Crippen molar-refractivity contribution in [2.24, 2.45) is 0 Å². The summed E-state index contributed by atoms with van der Waals surface area (Å²) in [6.45, 7) is 3.03. The maximum atomic E-state index is 10.8. The van der Waals surface area contributed by atoms with Gasteiger partial charge in [-0.2, -0.15) is 0 Å². The van der Waals surface area contributed by atoms with Crippen LogP contribution in [0.25, 0.3) is 0 Å². The number of ether oxygens (including phenoxy) is 2.